The van der Waals surface area contributed by atoms with Gasteiger partial charge in [-0.3, -0.25) is 9.59 Å². The van der Waals surface area contributed by atoms with E-state index in [1.54, 1.807) is 0 Å². The minimum atomic E-state index is -0.262. The van der Waals surface area contributed by atoms with E-state index in [1.165, 1.54) is 0 Å². The van der Waals surface area contributed by atoms with Crippen LogP contribution in [-0.2, 0) is 9.59 Å². The molecule has 4 rings (SSSR count). The van der Waals surface area contributed by atoms with Gasteiger partial charge in [0.05, 0.1) is 5.92 Å². The minimum Gasteiger partial charge on any atom is -0.339 e. The van der Waals surface area contributed by atoms with Gasteiger partial charge in [0.25, 0.3) is 0 Å². The van der Waals surface area contributed by atoms with Crippen LogP contribution in [0.25, 0.3) is 0 Å². The molecule has 130 valence electrons. The van der Waals surface area contributed by atoms with Crippen LogP contribution in [-0.4, -0.2) is 29.3 Å². The van der Waals surface area contributed by atoms with E-state index in [0.29, 0.717) is 24.7 Å². The molecule has 1 atom stereocenters. The Morgan fingerprint density at radius 1 is 1.00 bits per heavy atom. The maximum atomic E-state index is 12.5. The van der Waals surface area contributed by atoms with Gasteiger partial charge in [0, 0.05) is 35.8 Å². The Balaban J connectivity index is 1.41. The van der Waals surface area contributed by atoms with E-state index in [2.05, 4.69) is 17.2 Å². The molecule has 1 N–H and O–H groups in total. The lowest BCUT2D eigenvalue weighted by Gasteiger charge is -2.15. The van der Waals surface area contributed by atoms with E-state index in [1.807, 2.05) is 59.5 Å². The van der Waals surface area contributed by atoms with E-state index in [-0.39, 0.29) is 17.7 Å². The topological polar surface area (TPSA) is 49.4 Å². The van der Waals surface area contributed by atoms with Crippen LogP contribution < -0.4 is 5.32 Å². The number of carbonyl (C=O) groups excluding carboxylic acids is 2. The molecule has 2 aromatic carbocycles. The molecule has 0 radical (unpaired) electrons. The van der Waals surface area contributed by atoms with E-state index in [0.717, 1.165) is 24.0 Å². The van der Waals surface area contributed by atoms with Gasteiger partial charge in [0.15, 0.2) is 0 Å². The highest BCUT2D eigenvalue weighted by Crippen LogP contribution is 2.32. The summed E-state index contributed by atoms with van der Waals surface area (Å²) in [6, 6.07) is 17.7. The highest BCUT2D eigenvalue weighted by molar-refractivity contribution is 5.97. The van der Waals surface area contributed by atoms with E-state index < -0.39 is 0 Å². The first-order chi connectivity index (χ1) is 12.7. The Bertz CT molecular complexity index is 891. The van der Waals surface area contributed by atoms with Crippen molar-refractivity contribution in [3.05, 3.63) is 65.7 Å². The lowest BCUT2D eigenvalue weighted by atomic mass is 10.1. The minimum absolute atomic E-state index is 0.0883. The Morgan fingerprint density at radius 3 is 2.50 bits per heavy atom. The van der Waals surface area contributed by atoms with Gasteiger partial charge in [-0.05, 0) is 43.2 Å². The van der Waals surface area contributed by atoms with Crippen molar-refractivity contribution in [3.63, 3.8) is 0 Å². The maximum absolute atomic E-state index is 12.5. The van der Waals surface area contributed by atoms with Gasteiger partial charge in [-0.1, -0.05) is 36.1 Å². The highest BCUT2D eigenvalue weighted by Gasteiger charge is 2.41. The molecule has 1 saturated carbocycles. The number of carbonyl (C=O) groups is 2. The molecule has 1 heterocycles. The Hall–Kier alpha value is -3.06. The Morgan fingerprint density at radius 2 is 1.73 bits per heavy atom. The van der Waals surface area contributed by atoms with Crippen LogP contribution in [0.5, 0.6) is 0 Å². The fourth-order valence-electron chi connectivity index (χ4n) is 3.23. The number of likely N-dealkylation sites (tertiary alicyclic amines) is 1. The van der Waals surface area contributed by atoms with Crippen molar-refractivity contribution in [2.24, 2.45) is 5.92 Å². The molecular formula is C22H20N2O2. The average molecular weight is 344 g/mol. The number of anilines is 1. The monoisotopic (exact) mass is 344 g/mol. The van der Waals surface area contributed by atoms with Crippen LogP contribution in [0.3, 0.4) is 0 Å². The number of rotatable bonds is 3. The van der Waals surface area contributed by atoms with Crippen molar-refractivity contribution < 1.29 is 9.59 Å². The summed E-state index contributed by atoms with van der Waals surface area (Å²) in [4.78, 5) is 26.4. The zero-order valence-corrected chi connectivity index (χ0v) is 14.4. The van der Waals surface area contributed by atoms with Gasteiger partial charge < -0.3 is 10.2 Å². The van der Waals surface area contributed by atoms with Crippen LogP contribution in [0.1, 0.15) is 30.4 Å². The van der Waals surface area contributed by atoms with Gasteiger partial charge in [-0.2, -0.15) is 0 Å². The average Bonchev–Trinajstić information content (AvgIpc) is 3.43. The lowest BCUT2D eigenvalue weighted by Crippen LogP contribution is -2.29. The summed E-state index contributed by atoms with van der Waals surface area (Å²) in [5.74, 6) is 5.99. The second kappa shape index (κ2) is 7.05. The number of hydrogen-bond acceptors (Lipinski definition) is 2. The molecule has 0 bridgehead atoms. The predicted molar refractivity (Wildman–Crippen MR) is 100 cm³/mol. The molecule has 1 aliphatic heterocycles. The first-order valence-electron chi connectivity index (χ1n) is 8.96. The standard InChI is InChI=1S/C22H20N2O2/c25-21-14-18(15-24(21)20-11-12-20)22(26)23-19-8-4-7-17(13-19)10-9-16-5-2-1-3-6-16/h1-8,13,18,20H,11-12,14-15H2,(H,23,26)/t18-/m0/s1. The number of benzene rings is 2. The molecule has 4 heteroatoms. The van der Waals surface area contributed by atoms with Crippen LogP contribution in [0.15, 0.2) is 54.6 Å². The quantitative estimate of drug-likeness (QED) is 0.870. The third-order valence-corrected chi connectivity index (χ3v) is 4.77. The van der Waals surface area contributed by atoms with Crippen molar-refractivity contribution in [3.8, 4) is 11.8 Å². The summed E-state index contributed by atoms with van der Waals surface area (Å²) in [6.07, 6.45) is 2.46. The first-order valence-corrected chi connectivity index (χ1v) is 8.96. The molecule has 2 aliphatic rings. The fourth-order valence-corrected chi connectivity index (χ4v) is 3.23. The van der Waals surface area contributed by atoms with E-state index in [9.17, 15) is 9.59 Å². The molecule has 1 saturated heterocycles. The van der Waals surface area contributed by atoms with Gasteiger partial charge in [0.1, 0.15) is 0 Å². The number of nitrogens with zero attached hydrogens (tertiary/aromatic N) is 1. The lowest BCUT2D eigenvalue weighted by molar-refractivity contribution is -0.128. The van der Waals surface area contributed by atoms with Gasteiger partial charge >= 0.3 is 0 Å². The van der Waals surface area contributed by atoms with Crippen LogP contribution in [0, 0.1) is 17.8 Å². The van der Waals surface area contributed by atoms with Crippen molar-refractivity contribution in [2.75, 3.05) is 11.9 Å². The molecule has 2 fully saturated rings. The van der Waals surface area contributed by atoms with Crippen molar-refractivity contribution >= 4 is 17.5 Å². The number of nitrogens with one attached hydrogen (secondary N) is 1. The summed E-state index contributed by atoms with van der Waals surface area (Å²) in [6.45, 7) is 0.544. The zero-order valence-electron chi connectivity index (χ0n) is 14.4. The zero-order chi connectivity index (χ0) is 17.9. The highest BCUT2D eigenvalue weighted by atomic mass is 16.2. The summed E-state index contributed by atoms with van der Waals surface area (Å²) >= 11 is 0. The van der Waals surface area contributed by atoms with Gasteiger partial charge in [-0.25, -0.2) is 0 Å². The van der Waals surface area contributed by atoms with Gasteiger partial charge in [-0.15, -0.1) is 0 Å². The second-order valence-corrected chi connectivity index (χ2v) is 6.86. The Labute approximate surface area is 153 Å². The summed E-state index contributed by atoms with van der Waals surface area (Å²) in [5, 5.41) is 2.94. The molecule has 0 aromatic heterocycles. The number of hydrogen-bond donors (Lipinski definition) is 1. The Kier molecular flexibility index (Phi) is 4.45. The van der Waals surface area contributed by atoms with Crippen LogP contribution in [0.4, 0.5) is 5.69 Å². The van der Waals surface area contributed by atoms with Crippen LogP contribution >= 0.6 is 0 Å². The van der Waals surface area contributed by atoms with Crippen LogP contribution in [0.2, 0.25) is 0 Å². The smallest absolute Gasteiger partial charge is 0.229 e. The van der Waals surface area contributed by atoms with E-state index >= 15 is 0 Å². The van der Waals surface area contributed by atoms with Crippen molar-refractivity contribution in [2.45, 2.75) is 25.3 Å². The SMILES string of the molecule is O=C(Nc1cccc(C#Cc2ccccc2)c1)[C@H]1CC(=O)N(C2CC2)C1. The summed E-state index contributed by atoms with van der Waals surface area (Å²) in [7, 11) is 0. The fraction of sp³-hybridized carbons (Fsp3) is 0.273. The predicted octanol–water partition coefficient (Wildman–Crippen LogP) is 3.04. The third kappa shape index (κ3) is 3.78. The maximum Gasteiger partial charge on any atom is 0.229 e. The number of amides is 2. The second-order valence-electron chi connectivity index (χ2n) is 6.86. The van der Waals surface area contributed by atoms with Crippen molar-refractivity contribution in [1.29, 1.82) is 0 Å². The molecule has 4 nitrogen and oxygen atoms in total. The molecule has 1 aliphatic carbocycles. The summed E-state index contributed by atoms with van der Waals surface area (Å²) in [5.41, 5.74) is 2.51. The van der Waals surface area contributed by atoms with Gasteiger partial charge in [0.2, 0.25) is 11.8 Å². The summed E-state index contributed by atoms with van der Waals surface area (Å²) < 4.78 is 0. The molecule has 0 spiro atoms. The molecule has 2 aromatic rings. The normalized spacial score (nSPS) is 19.0. The molecule has 26 heavy (non-hydrogen) atoms. The first kappa shape index (κ1) is 16.4. The molecular weight excluding hydrogens is 324 g/mol. The van der Waals surface area contributed by atoms with E-state index in [4.69, 9.17) is 0 Å². The molecule has 0 unspecified atom stereocenters. The molecule has 2 amide bonds. The largest absolute Gasteiger partial charge is 0.339 e. The van der Waals surface area contributed by atoms with Crippen molar-refractivity contribution in [1.82, 2.24) is 4.90 Å². The third-order valence-electron chi connectivity index (χ3n) is 4.77.